The zero-order valence-corrected chi connectivity index (χ0v) is 10.6. The standard InChI is InChI=1S/C14H12ClNO2/c1-2-9-4-3-5-10-8-11(6-7-12(17)18)14(15)16-13(9)10/h3-8H,2H2,1H3,(H,17,18)/b7-6+. The number of benzene rings is 1. The Morgan fingerprint density at radius 3 is 2.94 bits per heavy atom. The molecule has 1 N–H and O–H groups in total. The van der Waals surface area contributed by atoms with Crippen LogP contribution in [0.4, 0.5) is 0 Å². The molecule has 3 nitrogen and oxygen atoms in total. The summed E-state index contributed by atoms with van der Waals surface area (Å²) in [5, 5.41) is 9.89. The van der Waals surface area contributed by atoms with E-state index < -0.39 is 5.97 Å². The maximum absolute atomic E-state index is 10.5. The van der Waals surface area contributed by atoms with Gasteiger partial charge in [-0.1, -0.05) is 36.7 Å². The molecule has 0 radical (unpaired) electrons. The van der Waals surface area contributed by atoms with Gasteiger partial charge in [-0.2, -0.15) is 0 Å². The molecule has 0 bridgehead atoms. The summed E-state index contributed by atoms with van der Waals surface area (Å²) in [5.41, 5.74) is 2.61. The molecular formula is C14H12ClNO2. The first kappa shape index (κ1) is 12.6. The van der Waals surface area contributed by atoms with Gasteiger partial charge in [0.25, 0.3) is 0 Å². The van der Waals surface area contributed by atoms with Crippen molar-refractivity contribution in [2.24, 2.45) is 0 Å². The van der Waals surface area contributed by atoms with Crippen LogP contribution in [0.5, 0.6) is 0 Å². The lowest BCUT2D eigenvalue weighted by Crippen LogP contribution is -1.91. The number of hydrogen-bond donors (Lipinski definition) is 1. The molecule has 0 unspecified atom stereocenters. The van der Waals surface area contributed by atoms with Gasteiger partial charge in [0, 0.05) is 17.0 Å². The SMILES string of the molecule is CCc1cccc2cc(/C=C/C(=O)O)c(Cl)nc12. The molecule has 0 saturated carbocycles. The summed E-state index contributed by atoms with van der Waals surface area (Å²) >= 11 is 6.06. The highest BCUT2D eigenvalue weighted by Crippen LogP contribution is 2.24. The van der Waals surface area contributed by atoms with E-state index in [4.69, 9.17) is 16.7 Å². The van der Waals surface area contributed by atoms with Crippen LogP contribution in [0, 0.1) is 0 Å². The second kappa shape index (κ2) is 5.19. The number of aromatic nitrogens is 1. The van der Waals surface area contributed by atoms with Crippen LogP contribution < -0.4 is 0 Å². The van der Waals surface area contributed by atoms with Crippen LogP contribution in [0.3, 0.4) is 0 Å². The minimum absolute atomic E-state index is 0.320. The van der Waals surface area contributed by atoms with Gasteiger partial charge in [0.1, 0.15) is 5.15 Å². The molecule has 1 aromatic heterocycles. The molecule has 0 amide bonds. The van der Waals surface area contributed by atoms with Gasteiger partial charge in [0.05, 0.1) is 5.52 Å². The van der Waals surface area contributed by atoms with Gasteiger partial charge in [0.2, 0.25) is 0 Å². The number of nitrogens with zero attached hydrogens (tertiary/aromatic N) is 1. The Kier molecular flexibility index (Phi) is 3.63. The molecule has 0 saturated heterocycles. The van der Waals surface area contributed by atoms with Crippen LogP contribution in [0.1, 0.15) is 18.1 Å². The summed E-state index contributed by atoms with van der Waals surface area (Å²) in [4.78, 5) is 14.8. The number of carboxylic acid groups (broad SMARTS) is 1. The molecule has 0 aliphatic rings. The van der Waals surface area contributed by atoms with Gasteiger partial charge in [-0.3, -0.25) is 0 Å². The van der Waals surface area contributed by atoms with Crippen LogP contribution >= 0.6 is 11.6 Å². The number of carbonyl (C=O) groups is 1. The van der Waals surface area contributed by atoms with Gasteiger partial charge in [0.15, 0.2) is 0 Å². The van der Waals surface area contributed by atoms with Gasteiger partial charge in [-0.15, -0.1) is 0 Å². The number of aryl methyl sites for hydroxylation is 1. The predicted octanol–water partition coefficient (Wildman–Crippen LogP) is 3.55. The average molecular weight is 262 g/mol. The van der Waals surface area contributed by atoms with E-state index in [0.717, 1.165) is 29.0 Å². The summed E-state index contributed by atoms with van der Waals surface area (Å²) in [5.74, 6) is -1.01. The van der Waals surface area contributed by atoms with E-state index in [-0.39, 0.29) is 0 Å². The number of para-hydroxylation sites is 1. The lowest BCUT2D eigenvalue weighted by molar-refractivity contribution is -0.131. The molecule has 4 heteroatoms. The number of hydrogen-bond acceptors (Lipinski definition) is 2. The van der Waals surface area contributed by atoms with Crippen molar-refractivity contribution in [3.63, 3.8) is 0 Å². The fourth-order valence-corrected chi connectivity index (χ4v) is 2.02. The van der Waals surface area contributed by atoms with E-state index in [2.05, 4.69) is 11.9 Å². The highest BCUT2D eigenvalue weighted by molar-refractivity contribution is 6.31. The fourth-order valence-electron chi connectivity index (χ4n) is 1.82. The monoisotopic (exact) mass is 261 g/mol. The van der Waals surface area contributed by atoms with Crippen molar-refractivity contribution in [3.8, 4) is 0 Å². The van der Waals surface area contributed by atoms with Crippen molar-refractivity contribution in [1.29, 1.82) is 0 Å². The van der Waals surface area contributed by atoms with Crippen molar-refractivity contribution in [3.05, 3.63) is 46.6 Å². The first-order valence-electron chi connectivity index (χ1n) is 5.61. The topological polar surface area (TPSA) is 50.2 Å². The van der Waals surface area contributed by atoms with Gasteiger partial charge in [-0.05, 0) is 24.1 Å². The van der Waals surface area contributed by atoms with E-state index in [1.165, 1.54) is 6.08 Å². The van der Waals surface area contributed by atoms with E-state index in [1.807, 2.05) is 24.3 Å². The summed E-state index contributed by atoms with van der Waals surface area (Å²) < 4.78 is 0. The Balaban J connectivity index is 2.59. The first-order valence-corrected chi connectivity index (χ1v) is 5.98. The lowest BCUT2D eigenvalue weighted by Gasteiger charge is -2.06. The zero-order valence-electron chi connectivity index (χ0n) is 9.85. The quantitative estimate of drug-likeness (QED) is 0.679. The molecule has 1 aromatic carbocycles. The van der Waals surface area contributed by atoms with Gasteiger partial charge >= 0.3 is 5.97 Å². The number of rotatable bonds is 3. The third kappa shape index (κ3) is 2.51. The normalized spacial score (nSPS) is 11.2. The van der Waals surface area contributed by atoms with Crippen molar-refractivity contribution in [2.75, 3.05) is 0 Å². The molecule has 18 heavy (non-hydrogen) atoms. The van der Waals surface area contributed by atoms with E-state index in [1.54, 1.807) is 0 Å². The molecule has 1 heterocycles. The minimum Gasteiger partial charge on any atom is -0.478 e. The van der Waals surface area contributed by atoms with Crippen molar-refractivity contribution < 1.29 is 9.90 Å². The summed E-state index contributed by atoms with van der Waals surface area (Å²) in [6, 6.07) is 7.76. The molecule has 0 atom stereocenters. The molecule has 0 aliphatic carbocycles. The molecule has 0 aliphatic heterocycles. The largest absolute Gasteiger partial charge is 0.478 e. The Hall–Kier alpha value is -1.87. The fraction of sp³-hybridized carbons (Fsp3) is 0.143. The number of carboxylic acids is 1. The number of aliphatic carboxylic acids is 1. The highest BCUT2D eigenvalue weighted by atomic mass is 35.5. The van der Waals surface area contributed by atoms with Crippen LogP contribution in [-0.2, 0) is 11.2 Å². The molecular weight excluding hydrogens is 250 g/mol. The third-order valence-electron chi connectivity index (χ3n) is 2.70. The van der Waals surface area contributed by atoms with Crippen LogP contribution in [0.15, 0.2) is 30.3 Å². The Morgan fingerprint density at radius 1 is 1.50 bits per heavy atom. The highest BCUT2D eigenvalue weighted by Gasteiger charge is 2.05. The molecule has 0 fully saturated rings. The van der Waals surface area contributed by atoms with E-state index >= 15 is 0 Å². The Bertz CT molecular complexity index is 635. The van der Waals surface area contributed by atoms with Crippen molar-refractivity contribution in [2.45, 2.75) is 13.3 Å². The number of pyridine rings is 1. The second-order valence-electron chi connectivity index (χ2n) is 3.88. The van der Waals surface area contributed by atoms with E-state index in [9.17, 15) is 4.79 Å². The van der Waals surface area contributed by atoms with Gasteiger partial charge < -0.3 is 5.11 Å². The van der Waals surface area contributed by atoms with Crippen molar-refractivity contribution in [1.82, 2.24) is 4.98 Å². The predicted molar refractivity (Wildman–Crippen MR) is 72.8 cm³/mol. The number of fused-ring (bicyclic) bond motifs is 1. The maximum atomic E-state index is 10.5. The zero-order chi connectivity index (χ0) is 13.1. The Morgan fingerprint density at radius 2 is 2.28 bits per heavy atom. The Labute approximate surface area is 110 Å². The summed E-state index contributed by atoms with van der Waals surface area (Å²) in [7, 11) is 0. The maximum Gasteiger partial charge on any atom is 0.328 e. The molecule has 92 valence electrons. The lowest BCUT2D eigenvalue weighted by atomic mass is 10.1. The van der Waals surface area contributed by atoms with Gasteiger partial charge in [-0.25, -0.2) is 9.78 Å². The average Bonchev–Trinajstić information content (AvgIpc) is 2.35. The number of halogens is 1. The minimum atomic E-state index is -1.01. The van der Waals surface area contributed by atoms with E-state index in [0.29, 0.717) is 10.7 Å². The second-order valence-corrected chi connectivity index (χ2v) is 4.24. The smallest absolute Gasteiger partial charge is 0.328 e. The van der Waals surface area contributed by atoms with Crippen LogP contribution in [0.2, 0.25) is 5.15 Å². The molecule has 0 spiro atoms. The van der Waals surface area contributed by atoms with Crippen LogP contribution in [-0.4, -0.2) is 16.1 Å². The first-order chi connectivity index (χ1) is 8.61. The summed E-state index contributed by atoms with van der Waals surface area (Å²) in [6.07, 6.45) is 3.39. The molecule has 2 rings (SSSR count). The van der Waals surface area contributed by atoms with Crippen molar-refractivity contribution >= 4 is 34.5 Å². The van der Waals surface area contributed by atoms with Crippen LogP contribution in [0.25, 0.3) is 17.0 Å². The third-order valence-corrected chi connectivity index (χ3v) is 3.00. The molecule has 2 aromatic rings. The summed E-state index contributed by atoms with van der Waals surface area (Å²) in [6.45, 7) is 2.06.